The zero-order chi connectivity index (χ0) is 20.6. The Morgan fingerprint density at radius 3 is 2.63 bits per heavy atom. The Bertz CT molecular complexity index is 748. The van der Waals surface area contributed by atoms with Gasteiger partial charge in [-0.15, -0.1) is 24.0 Å². The molecule has 2 aliphatic heterocycles. The van der Waals surface area contributed by atoms with Gasteiger partial charge in [0.15, 0.2) is 5.96 Å². The highest BCUT2D eigenvalue weighted by Gasteiger charge is 2.27. The van der Waals surface area contributed by atoms with E-state index in [2.05, 4.69) is 21.3 Å². The topological polar surface area (TPSA) is 74.2 Å². The third-order valence-corrected chi connectivity index (χ3v) is 5.66. The Morgan fingerprint density at radius 1 is 1.20 bits per heavy atom. The summed E-state index contributed by atoms with van der Waals surface area (Å²) in [6, 6.07) is 8.14. The van der Waals surface area contributed by atoms with Gasteiger partial charge in [-0.1, -0.05) is 18.2 Å². The molecule has 0 saturated carbocycles. The van der Waals surface area contributed by atoms with Gasteiger partial charge in [0, 0.05) is 45.3 Å². The molecule has 1 aromatic rings. The molecule has 2 heterocycles. The van der Waals surface area contributed by atoms with Gasteiger partial charge in [-0.25, -0.2) is 0 Å². The Labute approximate surface area is 196 Å². The molecule has 30 heavy (non-hydrogen) atoms. The normalized spacial score (nSPS) is 16.7. The molecule has 3 rings (SSSR count). The lowest BCUT2D eigenvalue weighted by molar-refractivity contribution is -0.149. The van der Waals surface area contributed by atoms with Crippen molar-refractivity contribution in [3.05, 3.63) is 29.8 Å². The number of hydrogen-bond acceptors (Lipinski definition) is 4. The number of rotatable bonds is 6. The minimum Gasteiger partial charge on any atom is -0.466 e. The lowest BCUT2D eigenvalue weighted by atomic mass is 9.97. The van der Waals surface area contributed by atoms with E-state index in [1.807, 2.05) is 30.0 Å². The first-order chi connectivity index (χ1) is 14.1. The number of carbonyl (C=O) groups excluding carboxylic acids is 2. The molecule has 0 bridgehead atoms. The van der Waals surface area contributed by atoms with Gasteiger partial charge >= 0.3 is 5.97 Å². The minimum absolute atomic E-state index is 0. The zero-order valence-electron chi connectivity index (χ0n) is 17.9. The maximum absolute atomic E-state index is 12.6. The third kappa shape index (κ3) is 6.09. The summed E-state index contributed by atoms with van der Waals surface area (Å²) in [4.78, 5) is 32.9. The van der Waals surface area contributed by atoms with Crippen molar-refractivity contribution in [3.63, 3.8) is 0 Å². The number of para-hydroxylation sites is 1. The van der Waals surface area contributed by atoms with E-state index in [0.29, 0.717) is 19.6 Å². The number of benzene rings is 1. The number of esters is 1. The smallest absolute Gasteiger partial charge is 0.309 e. The Kier molecular flexibility index (Phi) is 9.87. The molecule has 0 spiro atoms. The molecule has 0 atom stereocenters. The van der Waals surface area contributed by atoms with Gasteiger partial charge in [-0.05, 0) is 44.2 Å². The van der Waals surface area contributed by atoms with Crippen molar-refractivity contribution in [3.8, 4) is 0 Å². The number of likely N-dealkylation sites (tertiary alicyclic amines) is 1. The fourth-order valence-electron chi connectivity index (χ4n) is 4.09. The first-order valence-corrected chi connectivity index (χ1v) is 10.6. The predicted molar refractivity (Wildman–Crippen MR) is 129 cm³/mol. The summed E-state index contributed by atoms with van der Waals surface area (Å²) in [5.41, 5.74) is 2.32. The molecule has 8 heteroatoms. The zero-order valence-corrected chi connectivity index (χ0v) is 20.3. The first kappa shape index (κ1) is 24.4. The number of hydrogen-bond donors (Lipinski definition) is 1. The SMILES string of the molecule is CCOC(=O)C1CCN(C(=NC)NCCCC(=O)N2CCc3ccccc32)CC1.I. The number of aliphatic imine (C=N–C) groups is 1. The highest BCUT2D eigenvalue weighted by atomic mass is 127. The summed E-state index contributed by atoms with van der Waals surface area (Å²) in [7, 11) is 1.77. The Balaban J connectivity index is 0.00000320. The van der Waals surface area contributed by atoms with Crippen LogP contribution in [0.25, 0.3) is 0 Å². The predicted octanol–water partition coefficient (Wildman–Crippen LogP) is 2.82. The number of guanidine groups is 1. The number of ether oxygens (including phenoxy) is 1. The van der Waals surface area contributed by atoms with Crippen LogP contribution >= 0.6 is 24.0 Å². The van der Waals surface area contributed by atoms with Gasteiger partial charge in [-0.3, -0.25) is 14.6 Å². The number of nitrogens with one attached hydrogen (secondary N) is 1. The van der Waals surface area contributed by atoms with Crippen LogP contribution < -0.4 is 10.2 Å². The van der Waals surface area contributed by atoms with Gasteiger partial charge in [0.25, 0.3) is 0 Å². The summed E-state index contributed by atoms with van der Waals surface area (Å²) in [6.07, 6.45) is 3.78. The molecule has 0 aromatic heterocycles. The largest absolute Gasteiger partial charge is 0.466 e. The van der Waals surface area contributed by atoms with Gasteiger partial charge in [0.2, 0.25) is 5.91 Å². The van der Waals surface area contributed by atoms with E-state index < -0.39 is 0 Å². The molecule has 1 amide bonds. The Hall–Kier alpha value is -1.84. The van der Waals surface area contributed by atoms with Crippen molar-refractivity contribution in [1.29, 1.82) is 0 Å². The lowest BCUT2D eigenvalue weighted by Crippen LogP contribution is -2.47. The van der Waals surface area contributed by atoms with Crippen molar-refractivity contribution in [2.45, 2.75) is 39.0 Å². The van der Waals surface area contributed by atoms with Crippen LogP contribution in [0, 0.1) is 5.92 Å². The maximum atomic E-state index is 12.6. The van der Waals surface area contributed by atoms with E-state index in [9.17, 15) is 9.59 Å². The monoisotopic (exact) mass is 528 g/mol. The molecule has 0 aliphatic carbocycles. The first-order valence-electron chi connectivity index (χ1n) is 10.6. The fourth-order valence-corrected chi connectivity index (χ4v) is 4.09. The number of piperidine rings is 1. The van der Waals surface area contributed by atoms with E-state index in [1.54, 1.807) is 7.05 Å². The van der Waals surface area contributed by atoms with Crippen molar-refractivity contribution in [2.24, 2.45) is 10.9 Å². The molecule has 0 radical (unpaired) electrons. The van der Waals surface area contributed by atoms with Crippen LogP contribution in [0.5, 0.6) is 0 Å². The van der Waals surface area contributed by atoms with E-state index in [1.165, 1.54) is 5.56 Å². The molecule has 1 aromatic carbocycles. The third-order valence-electron chi connectivity index (χ3n) is 5.66. The molecule has 7 nitrogen and oxygen atoms in total. The van der Waals surface area contributed by atoms with Crippen LogP contribution in [-0.2, 0) is 20.7 Å². The van der Waals surface area contributed by atoms with E-state index in [0.717, 1.165) is 57.0 Å². The van der Waals surface area contributed by atoms with E-state index >= 15 is 0 Å². The van der Waals surface area contributed by atoms with Crippen LogP contribution in [0.4, 0.5) is 5.69 Å². The Morgan fingerprint density at radius 2 is 1.93 bits per heavy atom. The summed E-state index contributed by atoms with van der Waals surface area (Å²) in [5, 5.41) is 3.36. The van der Waals surface area contributed by atoms with Gasteiger partial charge in [-0.2, -0.15) is 0 Å². The average molecular weight is 528 g/mol. The lowest BCUT2D eigenvalue weighted by Gasteiger charge is -2.33. The molecular formula is C22H33IN4O3. The average Bonchev–Trinajstić information content (AvgIpc) is 3.18. The van der Waals surface area contributed by atoms with Crippen LogP contribution in [0.15, 0.2) is 29.3 Å². The maximum Gasteiger partial charge on any atom is 0.309 e. The number of halogens is 1. The summed E-state index contributed by atoms with van der Waals surface area (Å²) >= 11 is 0. The van der Waals surface area contributed by atoms with Crippen LogP contribution in [0.2, 0.25) is 0 Å². The second-order valence-corrected chi connectivity index (χ2v) is 7.52. The standard InChI is InChI=1S/C22H32N4O3.HI/c1-3-29-21(28)18-10-14-25(15-11-18)22(23-2)24-13-6-9-20(27)26-16-12-17-7-4-5-8-19(17)26;/h4-5,7-8,18H,3,6,9-16H2,1-2H3,(H,23,24);1H. The second kappa shape index (κ2) is 12.1. The number of anilines is 1. The summed E-state index contributed by atoms with van der Waals surface area (Å²) in [5.74, 6) is 0.927. The van der Waals surface area contributed by atoms with Crippen molar-refractivity contribution in [2.75, 3.05) is 44.7 Å². The number of amides is 1. The summed E-state index contributed by atoms with van der Waals surface area (Å²) in [6.45, 7) is 5.32. The molecule has 0 unspecified atom stereocenters. The quantitative estimate of drug-likeness (QED) is 0.202. The van der Waals surface area contributed by atoms with E-state index in [4.69, 9.17) is 4.74 Å². The fraction of sp³-hybridized carbons (Fsp3) is 0.591. The van der Waals surface area contributed by atoms with Crippen LogP contribution in [0.3, 0.4) is 0 Å². The van der Waals surface area contributed by atoms with E-state index in [-0.39, 0.29) is 41.8 Å². The molecule has 1 saturated heterocycles. The molecular weight excluding hydrogens is 495 g/mol. The van der Waals surface area contributed by atoms with Crippen molar-refractivity contribution >= 4 is 47.5 Å². The van der Waals surface area contributed by atoms with Crippen LogP contribution in [-0.4, -0.2) is 62.6 Å². The second-order valence-electron chi connectivity index (χ2n) is 7.52. The molecule has 1 N–H and O–H groups in total. The van der Waals surface area contributed by atoms with Gasteiger partial charge in [0.1, 0.15) is 0 Å². The number of nitrogens with zero attached hydrogens (tertiary/aromatic N) is 3. The summed E-state index contributed by atoms with van der Waals surface area (Å²) < 4.78 is 5.13. The van der Waals surface area contributed by atoms with Gasteiger partial charge in [0.05, 0.1) is 12.5 Å². The minimum atomic E-state index is -0.0860. The number of fused-ring (bicyclic) bond motifs is 1. The number of carbonyl (C=O) groups is 2. The molecule has 166 valence electrons. The molecule has 2 aliphatic rings. The highest BCUT2D eigenvalue weighted by molar-refractivity contribution is 14.0. The highest BCUT2D eigenvalue weighted by Crippen LogP contribution is 2.28. The van der Waals surface area contributed by atoms with Crippen LogP contribution in [0.1, 0.15) is 38.2 Å². The van der Waals surface area contributed by atoms with Gasteiger partial charge < -0.3 is 19.9 Å². The van der Waals surface area contributed by atoms with Crippen molar-refractivity contribution in [1.82, 2.24) is 10.2 Å². The van der Waals surface area contributed by atoms with Crippen molar-refractivity contribution < 1.29 is 14.3 Å². The molecule has 1 fully saturated rings.